The van der Waals surface area contributed by atoms with Crippen LogP contribution in [0.5, 0.6) is 0 Å². The highest BCUT2D eigenvalue weighted by Crippen LogP contribution is 2.25. The minimum atomic E-state index is -3.49. The summed E-state index contributed by atoms with van der Waals surface area (Å²) in [7, 11) is -3.49. The van der Waals surface area contributed by atoms with Gasteiger partial charge in [-0.1, -0.05) is 0 Å². The van der Waals surface area contributed by atoms with Gasteiger partial charge in [0.05, 0.1) is 9.48 Å². The summed E-state index contributed by atoms with van der Waals surface area (Å²) in [4.78, 5) is 8.29. The van der Waals surface area contributed by atoms with Crippen LogP contribution in [-0.2, 0) is 10.0 Å². The lowest BCUT2D eigenvalue weighted by molar-refractivity contribution is 0.585. The van der Waals surface area contributed by atoms with Gasteiger partial charge in [0.25, 0.3) is 0 Å². The van der Waals surface area contributed by atoms with E-state index < -0.39 is 10.0 Å². The number of aryl methyl sites for hydroxylation is 1. The van der Waals surface area contributed by atoms with Gasteiger partial charge in [0.15, 0.2) is 5.82 Å². The molecule has 0 spiro atoms. The average molecular weight is 443 g/mol. The second-order valence-corrected chi connectivity index (χ2v) is 9.50. The molecular weight excluding hydrogens is 428 g/mol. The second kappa shape index (κ2) is 7.60. The third kappa shape index (κ3) is 4.63. The monoisotopic (exact) mass is 442 g/mol. The molecule has 0 bridgehead atoms. The Kier molecular flexibility index (Phi) is 5.47. The Hall–Kier alpha value is -1.82. The molecule has 0 unspecified atom stereocenters. The molecular formula is C14H15BrN6O2S2. The van der Waals surface area contributed by atoms with Gasteiger partial charge in [-0.2, -0.15) is 5.10 Å². The van der Waals surface area contributed by atoms with Crippen molar-refractivity contribution in [1.82, 2.24) is 24.5 Å². The Balaban J connectivity index is 1.56. The van der Waals surface area contributed by atoms with Crippen LogP contribution in [0.2, 0.25) is 0 Å². The van der Waals surface area contributed by atoms with Crippen molar-refractivity contribution in [1.29, 1.82) is 0 Å². The molecule has 2 N–H and O–H groups in total. The molecule has 0 saturated heterocycles. The molecule has 0 aliphatic rings. The number of rotatable bonds is 7. The van der Waals surface area contributed by atoms with E-state index in [0.717, 1.165) is 9.48 Å². The number of nitrogens with zero attached hydrogens (tertiary/aromatic N) is 4. The lowest BCUT2D eigenvalue weighted by Crippen LogP contribution is -2.28. The normalized spacial score (nSPS) is 11.6. The highest BCUT2D eigenvalue weighted by atomic mass is 79.9. The van der Waals surface area contributed by atoms with E-state index in [9.17, 15) is 8.42 Å². The summed E-state index contributed by atoms with van der Waals surface area (Å²) >= 11 is 4.42. The molecule has 3 heterocycles. The molecule has 0 fully saturated rings. The van der Waals surface area contributed by atoms with Crippen molar-refractivity contribution in [3.05, 3.63) is 46.3 Å². The number of hydrogen-bond donors (Lipinski definition) is 2. The van der Waals surface area contributed by atoms with E-state index >= 15 is 0 Å². The van der Waals surface area contributed by atoms with Crippen molar-refractivity contribution >= 4 is 43.1 Å². The molecule has 3 aromatic rings. The number of halogens is 1. The van der Waals surface area contributed by atoms with Gasteiger partial charge >= 0.3 is 0 Å². The van der Waals surface area contributed by atoms with Crippen LogP contribution < -0.4 is 10.0 Å². The quantitative estimate of drug-likeness (QED) is 0.543. The number of sulfonamides is 1. The van der Waals surface area contributed by atoms with Crippen molar-refractivity contribution in [3.63, 3.8) is 0 Å². The van der Waals surface area contributed by atoms with E-state index in [-0.39, 0.29) is 10.8 Å². The van der Waals surface area contributed by atoms with Crippen molar-refractivity contribution in [3.8, 4) is 5.82 Å². The van der Waals surface area contributed by atoms with E-state index in [1.165, 1.54) is 17.7 Å². The van der Waals surface area contributed by atoms with E-state index in [2.05, 4.69) is 41.0 Å². The molecule has 8 nitrogen and oxygen atoms in total. The largest absolute Gasteiger partial charge is 0.369 e. The maximum absolute atomic E-state index is 12.1. The lowest BCUT2D eigenvalue weighted by atomic mass is 10.5. The van der Waals surface area contributed by atoms with Crippen molar-refractivity contribution in [2.75, 3.05) is 18.4 Å². The van der Waals surface area contributed by atoms with E-state index in [1.807, 2.05) is 19.2 Å². The third-order valence-electron chi connectivity index (χ3n) is 3.15. The van der Waals surface area contributed by atoms with E-state index in [0.29, 0.717) is 18.2 Å². The van der Waals surface area contributed by atoms with E-state index in [4.69, 9.17) is 0 Å². The number of thiophene rings is 1. The first-order chi connectivity index (χ1) is 11.9. The molecule has 0 saturated carbocycles. The van der Waals surface area contributed by atoms with Crippen LogP contribution in [-0.4, -0.2) is 41.3 Å². The van der Waals surface area contributed by atoms with Gasteiger partial charge in [0.1, 0.15) is 16.4 Å². The van der Waals surface area contributed by atoms with Crippen molar-refractivity contribution in [2.45, 2.75) is 11.1 Å². The Bertz CT molecular complexity index is 969. The maximum atomic E-state index is 12.1. The lowest BCUT2D eigenvalue weighted by Gasteiger charge is -2.08. The molecule has 3 aromatic heterocycles. The predicted octanol–water partition coefficient (Wildman–Crippen LogP) is 2.19. The van der Waals surface area contributed by atoms with Gasteiger partial charge in [-0.3, -0.25) is 0 Å². The molecule has 0 aliphatic heterocycles. The second-order valence-electron chi connectivity index (χ2n) is 5.05. The molecule has 0 atom stereocenters. The fourth-order valence-electron chi connectivity index (χ4n) is 2.00. The van der Waals surface area contributed by atoms with Crippen LogP contribution in [0.15, 0.2) is 44.8 Å². The van der Waals surface area contributed by atoms with Crippen LogP contribution in [0.1, 0.15) is 5.69 Å². The number of anilines is 1. The third-order valence-corrected chi connectivity index (χ3v) is 6.72. The highest BCUT2D eigenvalue weighted by Gasteiger charge is 2.15. The van der Waals surface area contributed by atoms with Crippen molar-refractivity contribution < 1.29 is 8.42 Å². The van der Waals surface area contributed by atoms with E-state index in [1.54, 1.807) is 22.9 Å². The zero-order chi connectivity index (χ0) is 17.9. The first-order valence-electron chi connectivity index (χ1n) is 7.27. The summed E-state index contributed by atoms with van der Waals surface area (Å²) in [6, 6.07) is 6.90. The Morgan fingerprint density at radius 3 is 2.76 bits per heavy atom. The first-order valence-corrected chi connectivity index (χ1v) is 10.4. The molecule has 11 heteroatoms. The van der Waals surface area contributed by atoms with Crippen molar-refractivity contribution in [2.24, 2.45) is 0 Å². The topological polar surface area (TPSA) is 102 Å². The SMILES string of the molecule is Cc1ccn(-c2cc(NCCNS(=O)(=O)c3ccc(Br)s3)ncn2)n1. The molecule has 3 rings (SSSR count). The highest BCUT2D eigenvalue weighted by molar-refractivity contribution is 9.11. The molecule has 0 amide bonds. The predicted molar refractivity (Wildman–Crippen MR) is 99.6 cm³/mol. The maximum Gasteiger partial charge on any atom is 0.250 e. The van der Waals surface area contributed by atoms with Crippen LogP contribution in [0.25, 0.3) is 5.82 Å². The molecule has 0 radical (unpaired) electrons. The van der Waals surface area contributed by atoms with Crippen LogP contribution in [0.4, 0.5) is 5.82 Å². The molecule has 132 valence electrons. The molecule has 0 aromatic carbocycles. The number of aromatic nitrogens is 4. The smallest absolute Gasteiger partial charge is 0.250 e. The minimum absolute atomic E-state index is 0.234. The zero-order valence-corrected chi connectivity index (χ0v) is 16.4. The van der Waals surface area contributed by atoms with Crippen LogP contribution in [0, 0.1) is 6.92 Å². The Labute approximate surface area is 157 Å². The van der Waals surface area contributed by atoms with Gasteiger partial charge in [0, 0.05) is 25.4 Å². The van der Waals surface area contributed by atoms with Crippen LogP contribution in [0.3, 0.4) is 0 Å². The first kappa shape index (κ1) is 18.0. The number of nitrogens with one attached hydrogen (secondary N) is 2. The van der Waals surface area contributed by atoms with Gasteiger partial charge in [-0.05, 0) is 41.1 Å². The summed E-state index contributed by atoms with van der Waals surface area (Å²) in [5.74, 6) is 1.23. The van der Waals surface area contributed by atoms with Gasteiger partial charge in [0.2, 0.25) is 10.0 Å². The fourth-order valence-corrected chi connectivity index (χ4v) is 5.09. The van der Waals surface area contributed by atoms with Gasteiger partial charge in [-0.15, -0.1) is 11.3 Å². The summed E-state index contributed by atoms with van der Waals surface area (Å²) in [6.07, 6.45) is 3.25. The van der Waals surface area contributed by atoms with Crippen LogP contribution >= 0.6 is 27.3 Å². The average Bonchev–Trinajstić information content (AvgIpc) is 3.21. The Morgan fingerprint density at radius 2 is 2.08 bits per heavy atom. The summed E-state index contributed by atoms with van der Waals surface area (Å²) in [5.41, 5.74) is 0.891. The fraction of sp³-hybridized carbons (Fsp3) is 0.214. The minimum Gasteiger partial charge on any atom is -0.369 e. The summed E-state index contributed by atoms with van der Waals surface area (Å²) in [6.45, 7) is 2.52. The van der Waals surface area contributed by atoms with Gasteiger partial charge < -0.3 is 5.32 Å². The summed E-state index contributed by atoms with van der Waals surface area (Å²) < 4.78 is 29.5. The Morgan fingerprint density at radius 1 is 1.24 bits per heavy atom. The van der Waals surface area contributed by atoms with Gasteiger partial charge in [-0.25, -0.2) is 27.8 Å². The zero-order valence-electron chi connectivity index (χ0n) is 13.2. The number of hydrogen-bond acceptors (Lipinski definition) is 7. The summed E-state index contributed by atoms with van der Waals surface area (Å²) in [5, 5.41) is 7.36. The standard InChI is InChI=1S/C14H15BrN6O2S2/c1-10-4-7-21(20-10)13-8-12(17-9-18-13)16-5-6-19-25(22,23)14-3-2-11(15)24-14/h2-4,7-9,19H,5-6H2,1H3,(H,16,17,18). The molecule has 25 heavy (non-hydrogen) atoms. The molecule has 0 aliphatic carbocycles.